The Morgan fingerprint density at radius 1 is 1.15 bits per heavy atom. The van der Waals surface area contributed by atoms with Crippen LogP contribution < -0.4 is 15.5 Å². The van der Waals surface area contributed by atoms with Crippen molar-refractivity contribution in [2.75, 3.05) is 36.5 Å². The molecule has 4 unspecified atom stereocenters. The van der Waals surface area contributed by atoms with Crippen LogP contribution in [-0.2, 0) is 4.74 Å². The van der Waals surface area contributed by atoms with Crippen molar-refractivity contribution in [3.63, 3.8) is 0 Å². The van der Waals surface area contributed by atoms with Crippen LogP contribution in [-0.4, -0.2) is 38.3 Å². The van der Waals surface area contributed by atoms with E-state index in [4.69, 9.17) is 4.74 Å². The smallest absolute Gasteiger partial charge is 0.253 e. The quantitative estimate of drug-likeness (QED) is 0.570. The Balaban J connectivity index is 1.41. The lowest BCUT2D eigenvalue weighted by Gasteiger charge is -2.38. The van der Waals surface area contributed by atoms with Crippen LogP contribution in [0, 0.1) is 5.92 Å². The number of allylic oxidation sites excluding steroid dienone is 2. The number of carbonyl (C=O) groups excluding carboxylic acids is 1. The van der Waals surface area contributed by atoms with Crippen LogP contribution in [0.1, 0.15) is 66.6 Å². The predicted molar refractivity (Wildman–Crippen MR) is 134 cm³/mol. The molecule has 5 heteroatoms. The van der Waals surface area contributed by atoms with E-state index in [0.717, 1.165) is 50.2 Å². The highest BCUT2D eigenvalue weighted by atomic mass is 16.5. The summed E-state index contributed by atoms with van der Waals surface area (Å²) in [5.74, 6) is 0.771. The van der Waals surface area contributed by atoms with Gasteiger partial charge >= 0.3 is 0 Å². The number of para-hydroxylation sites is 1. The molecule has 2 aromatic carbocycles. The lowest BCUT2D eigenvalue weighted by molar-refractivity contribution is 0.0858. The fourth-order valence-electron chi connectivity index (χ4n) is 5.73. The lowest BCUT2D eigenvalue weighted by Crippen LogP contribution is -2.34. The summed E-state index contributed by atoms with van der Waals surface area (Å²) in [5.41, 5.74) is 5.48. The van der Waals surface area contributed by atoms with Crippen molar-refractivity contribution >= 4 is 17.3 Å². The van der Waals surface area contributed by atoms with Gasteiger partial charge in [0.1, 0.15) is 0 Å². The summed E-state index contributed by atoms with van der Waals surface area (Å²) in [6.45, 7) is 7.76. The Labute approximate surface area is 197 Å². The van der Waals surface area contributed by atoms with E-state index in [1.807, 2.05) is 12.1 Å². The van der Waals surface area contributed by atoms with Crippen LogP contribution in [0.3, 0.4) is 0 Å². The van der Waals surface area contributed by atoms with Gasteiger partial charge < -0.3 is 20.3 Å². The van der Waals surface area contributed by atoms with E-state index in [2.05, 4.69) is 71.9 Å². The average Bonchev–Trinajstić information content (AvgIpc) is 3.55. The second-order valence-electron chi connectivity index (χ2n) is 9.35. The van der Waals surface area contributed by atoms with Gasteiger partial charge in [-0.3, -0.25) is 4.79 Å². The SMILES string of the molecule is CCN(CC)c1ccc(C2Nc3c(C(=O)NCC4CCCO4)cccc3C3C=CCC32)cc1. The van der Waals surface area contributed by atoms with Crippen LogP contribution >= 0.6 is 0 Å². The molecule has 2 aromatic rings. The Morgan fingerprint density at radius 2 is 1.97 bits per heavy atom. The van der Waals surface area contributed by atoms with Crippen LogP contribution in [0.2, 0.25) is 0 Å². The summed E-state index contributed by atoms with van der Waals surface area (Å²) in [4.78, 5) is 15.5. The van der Waals surface area contributed by atoms with Gasteiger partial charge in [0.25, 0.3) is 5.91 Å². The van der Waals surface area contributed by atoms with Crippen LogP contribution in [0.15, 0.2) is 54.6 Å². The number of fused-ring (bicyclic) bond motifs is 3. The van der Waals surface area contributed by atoms with E-state index in [1.165, 1.54) is 16.8 Å². The van der Waals surface area contributed by atoms with Gasteiger partial charge in [-0.1, -0.05) is 36.4 Å². The molecule has 1 saturated heterocycles. The van der Waals surface area contributed by atoms with Crippen LogP contribution in [0.25, 0.3) is 0 Å². The molecule has 3 aliphatic rings. The monoisotopic (exact) mass is 445 g/mol. The number of nitrogens with one attached hydrogen (secondary N) is 2. The Hall–Kier alpha value is -2.79. The van der Waals surface area contributed by atoms with E-state index < -0.39 is 0 Å². The standard InChI is InChI=1S/C28H35N3O2/c1-3-31(4-2)20-15-13-19(14-16-20)26-23-10-5-9-22(23)24-11-6-12-25(27(24)30-26)28(32)29-18-21-8-7-17-33-21/h5-6,9,11-16,21-23,26,30H,3-4,7-8,10,17-18H2,1-2H3,(H,29,32). The topological polar surface area (TPSA) is 53.6 Å². The molecule has 1 amide bonds. The molecule has 2 N–H and O–H groups in total. The number of rotatable bonds is 7. The predicted octanol–water partition coefficient (Wildman–Crippen LogP) is 5.27. The van der Waals surface area contributed by atoms with Gasteiger partial charge in [0, 0.05) is 37.8 Å². The second kappa shape index (κ2) is 9.60. The van der Waals surface area contributed by atoms with Crippen molar-refractivity contribution in [2.24, 2.45) is 5.92 Å². The maximum Gasteiger partial charge on any atom is 0.253 e. The van der Waals surface area contributed by atoms with Gasteiger partial charge in [0.2, 0.25) is 0 Å². The van der Waals surface area contributed by atoms with Crippen LogP contribution in [0.5, 0.6) is 0 Å². The molecule has 2 heterocycles. The molecule has 0 bridgehead atoms. The summed E-state index contributed by atoms with van der Waals surface area (Å²) in [6, 6.07) is 15.3. The number of hydrogen-bond acceptors (Lipinski definition) is 4. The molecule has 0 spiro atoms. The highest BCUT2D eigenvalue weighted by Gasteiger charge is 2.39. The Kier molecular flexibility index (Phi) is 6.41. The van der Waals surface area contributed by atoms with E-state index in [-0.39, 0.29) is 18.1 Å². The largest absolute Gasteiger partial charge is 0.377 e. The molecule has 0 saturated carbocycles. The third kappa shape index (κ3) is 4.26. The Bertz CT molecular complexity index is 1010. The first kappa shape index (κ1) is 22.0. The molecule has 174 valence electrons. The highest BCUT2D eigenvalue weighted by molar-refractivity contribution is 6.00. The summed E-state index contributed by atoms with van der Waals surface area (Å²) in [7, 11) is 0. The number of hydrogen-bond donors (Lipinski definition) is 2. The first-order valence-electron chi connectivity index (χ1n) is 12.5. The normalized spacial score (nSPS) is 25.3. The van der Waals surface area contributed by atoms with E-state index in [0.29, 0.717) is 18.4 Å². The maximum atomic E-state index is 13.2. The minimum atomic E-state index is -0.0223. The zero-order valence-electron chi connectivity index (χ0n) is 19.7. The zero-order chi connectivity index (χ0) is 22.8. The first-order chi connectivity index (χ1) is 16.2. The maximum absolute atomic E-state index is 13.2. The van der Waals surface area contributed by atoms with Gasteiger partial charge in [-0.25, -0.2) is 0 Å². The first-order valence-corrected chi connectivity index (χ1v) is 12.5. The van der Waals surface area contributed by atoms with Crippen molar-refractivity contribution in [1.82, 2.24) is 5.32 Å². The summed E-state index contributed by atoms with van der Waals surface area (Å²) in [6.07, 6.45) is 7.91. The molecule has 1 aliphatic carbocycles. The van der Waals surface area contributed by atoms with Crippen molar-refractivity contribution < 1.29 is 9.53 Å². The summed E-state index contributed by atoms with van der Waals surface area (Å²) >= 11 is 0. The Morgan fingerprint density at radius 3 is 2.70 bits per heavy atom. The zero-order valence-corrected chi connectivity index (χ0v) is 19.7. The molecular formula is C28H35N3O2. The minimum absolute atomic E-state index is 0.0223. The molecule has 0 radical (unpaired) electrons. The van der Waals surface area contributed by atoms with Gasteiger partial charge in [0.05, 0.1) is 23.4 Å². The highest BCUT2D eigenvalue weighted by Crippen LogP contribution is 2.50. The van der Waals surface area contributed by atoms with Gasteiger partial charge in [0.15, 0.2) is 0 Å². The number of benzene rings is 2. The third-order valence-electron chi connectivity index (χ3n) is 7.54. The summed E-state index contributed by atoms with van der Waals surface area (Å²) in [5, 5.41) is 6.90. The van der Waals surface area contributed by atoms with Crippen LogP contribution in [0.4, 0.5) is 11.4 Å². The average molecular weight is 446 g/mol. The number of anilines is 2. The number of amides is 1. The molecule has 5 rings (SSSR count). The fourth-order valence-corrected chi connectivity index (χ4v) is 5.73. The van der Waals surface area contributed by atoms with Gasteiger partial charge in [-0.2, -0.15) is 0 Å². The van der Waals surface area contributed by atoms with E-state index >= 15 is 0 Å². The fraction of sp³-hybridized carbons (Fsp3) is 0.464. The molecule has 5 nitrogen and oxygen atoms in total. The molecule has 2 aliphatic heterocycles. The minimum Gasteiger partial charge on any atom is -0.377 e. The molecule has 33 heavy (non-hydrogen) atoms. The lowest BCUT2D eigenvalue weighted by atomic mass is 9.76. The van der Waals surface area contributed by atoms with Gasteiger partial charge in [-0.05, 0) is 68.4 Å². The van der Waals surface area contributed by atoms with E-state index in [9.17, 15) is 4.79 Å². The molecule has 4 atom stereocenters. The van der Waals surface area contributed by atoms with Gasteiger partial charge in [-0.15, -0.1) is 0 Å². The van der Waals surface area contributed by atoms with Crippen molar-refractivity contribution in [1.29, 1.82) is 0 Å². The van der Waals surface area contributed by atoms with Crippen molar-refractivity contribution in [3.05, 3.63) is 71.3 Å². The number of ether oxygens (including phenoxy) is 1. The molecular weight excluding hydrogens is 410 g/mol. The number of carbonyl (C=O) groups is 1. The van der Waals surface area contributed by atoms with Crippen molar-refractivity contribution in [2.45, 2.75) is 51.2 Å². The summed E-state index contributed by atoms with van der Waals surface area (Å²) < 4.78 is 5.68. The molecule has 0 aromatic heterocycles. The molecule has 1 fully saturated rings. The second-order valence-corrected chi connectivity index (χ2v) is 9.35. The van der Waals surface area contributed by atoms with E-state index in [1.54, 1.807) is 0 Å². The third-order valence-corrected chi connectivity index (χ3v) is 7.54. The van der Waals surface area contributed by atoms with Crippen molar-refractivity contribution in [3.8, 4) is 0 Å². The number of nitrogens with zero attached hydrogens (tertiary/aromatic N) is 1.